The smallest absolute Gasteiger partial charge is 0.251 e. The third kappa shape index (κ3) is 4.49. The van der Waals surface area contributed by atoms with E-state index >= 15 is 0 Å². The molecular formula is C27H25Cl2N3O2. The van der Waals surface area contributed by atoms with E-state index in [0.717, 1.165) is 26.2 Å². The van der Waals surface area contributed by atoms with Gasteiger partial charge in [0.15, 0.2) is 0 Å². The van der Waals surface area contributed by atoms with Gasteiger partial charge in [0.2, 0.25) is 5.91 Å². The molecule has 3 aromatic rings. The monoisotopic (exact) mass is 493 g/mol. The molecule has 2 aliphatic rings. The Bertz CT molecular complexity index is 1140. The van der Waals surface area contributed by atoms with Gasteiger partial charge in [-0.05, 0) is 29.3 Å². The Morgan fingerprint density at radius 1 is 0.735 bits per heavy atom. The van der Waals surface area contributed by atoms with Crippen molar-refractivity contribution in [1.82, 2.24) is 9.80 Å². The second-order valence-electron chi connectivity index (χ2n) is 8.68. The summed E-state index contributed by atoms with van der Waals surface area (Å²) in [5.41, 5.74) is 2.97. The molecule has 2 aliphatic heterocycles. The van der Waals surface area contributed by atoms with Gasteiger partial charge in [-0.2, -0.15) is 0 Å². The summed E-state index contributed by atoms with van der Waals surface area (Å²) in [6.07, 6.45) is 0.180. The van der Waals surface area contributed by atoms with E-state index in [9.17, 15) is 9.59 Å². The van der Waals surface area contributed by atoms with Gasteiger partial charge in [-0.25, -0.2) is 4.90 Å². The van der Waals surface area contributed by atoms with Crippen molar-refractivity contribution in [2.24, 2.45) is 0 Å². The minimum absolute atomic E-state index is 0.151. The SMILES string of the molecule is O=C1CC(N2CCN(C(c3ccccc3)c3ccccc3)CC2)C(=O)N1c1ccc(Cl)c(Cl)c1. The highest BCUT2D eigenvalue weighted by Crippen LogP contribution is 2.33. The molecule has 0 aromatic heterocycles. The molecule has 0 N–H and O–H groups in total. The maximum Gasteiger partial charge on any atom is 0.251 e. The third-order valence-electron chi connectivity index (χ3n) is 6.67. The van der Waals surface area contributed by atoms with Crippen LogP contribution < -0.4 is 4.90 Å². The Morgan fingerprint density at radius 2 is 1.32 bits per heavy atom. The predicted octanol–water partition coefficient (Wildman–Crippen LogP) is 5.03. The van der Waals surface area contributed by atoms with Crippen LogP contribution in [-0.2, 0) is 9.59 Å². The van der Waals surface area contributed by atoms with E-state index in [0.29, 0.717) is 15.7 Å². The number of piperazine rings is 1. The number of anilines is 1. The average Bonchev–Trinajstić information content (AvgIpc) is 3.16. The number of halogens is 2. The van der Waals surface area contributed by atoms with Crippen LogP contribution in [0.2, 0.25) is 10.0 Å². The van der Waals surface area contributed by atoms with E-state index in [1.807, 2.05) is 12.1 Å². The lowest BCUT2D eigenvalue weighted by atomic mass is 9.96. The van der Waals surface area contributed by atoms with E-state index in [4.69, 9.17) is 23.2 Å². The summed E-state index contributed by atoms with van der Waals surface area (Å²) in [6.45, 7) is 3.04. The lowest BCUT2D eigenvalue weighted by molar-refractivity contribution is -0.123. The van der Waals surface area contributed by atoms with Gasteiger partial charge in [-0.3, -0.25) is 19.4 Å². The molecule has 2 heterocycles. The highest BCUT2D eigenvalue weighted by Gasteiger charge is 2.44. The van der Waals surface area contributed by atoms with E-state index in [1.165, 1.54) is 16.0 Å². The van der Waals surface area contributed by atoms with E-state index in [1.54, 1.807) is 18.2 Å². The maximum absolute atomic E-state index is 13.2. The minimum Gasteiger partial charge on any atom is -0.290 e. The zero-order valence-corrected chi connectivity index (χ0v) is 20.1. The number of rotatable bonds is 5. The first kappa shape index (κ1) is 23.1. The number of carbonyl (C=O) groups is 2. The van der Waals surface area contributed by atoms with Crippen LogP contribution in [0.25, 0.3) is 0 Å². The van der Waals surface area contributed by atoms with Crippen molar-refractivity contribution in [3.8, 4) is 0 Å². The van der Waals surface area contributed by atoms with Crippen molar-refractivity contribution < 1.29 is 9.59 Å². The molecule has 5 rings (SSSR count). The molecule has 174 valence electrons. The van der Waals surface area contributed by atoms with E-state index in [2.05, 4.69) is 58.3 Å². The molecule has 1 unspecified atom stereocenters. The van der Waals surface area contributed by atoms with Gasteiger partial charge < -0.3 is 0 Å². The van der Waals surface area contributed by atoms with Crippen molar-refractivity contribution in [2.75, 3.05) is 31.1 Å². The molecule has 7 heteroatoms. The number of nitrogens with zero attached hydrogens (tertiary/aromatic N) is 3. The first-order chi connectivity index (χ1) is 16.5. The topological polar surface area (TPSA) is 43.9 Å². The summed E-state index contributed by atoms with van der Waals surface area (Å²) >= 11 is 12.1. The van der Waals surface area contributed by atoms with Gasteiger partial charge in [-0.1, -0.05) is 83.9 Å². The average molecular weight is 494 g/mol. The van der Waals surface area contributed by atoms with Crippen LogP contribution in [0.15, 0.2) is 78.9 Å². The molecule has 34 heavy (non-hydrogen) atoms. The van der Waals surface area contributed by atoms with Crippen LogP contribution in [0.5, 0.6) is 0 Å². The van der Waals surface area contributed by atoms with Crippen LogP contribution in [0.3, 0.4) is 0 Å². The highest BCUT2D eigenvalue weighted by atomic mass is 35.5. The van der Waals surface area contributed by atoms with Crippen LogP contribution >= 0.6 is 23.2 Å². The fourth-order valence-electron chi connectivity index (χ4n) is 4.99. The molecule has 1 atom stereocenters. The zero-order valence-electron chi connectivity index (χ0n) is 18.6. The minimum atomic E-state index is -0.448. The first-order valence-corrected chi connectivity index (χ1v) is 12.2. The van der Waals surface area contributed by atoms with Crippen molar-refractivity contribution in [3.63, 3.8) is 0 Å². The molecule has 0 aliphatic carbocycles. The molecule has 3 aromatic carbocycles. The molecule has 5 nitrogen and oxygen atoms in total. The summed E-state index contributed by atoms with van der Waals surface area (Å²) in [4.78, 5) is 31.9. The van der Waals surface area contributed by atoms with Crippen molar-refractivity contribution in [1.29, 1.82) is 0 Å². The number of carbonyl (C=O) groups excluding carboxylic acids is 2. The van der Waals surface area contributed by atoms with Crippen LogP contribution in [-0.4, -0.2) is 53.8 Å². The molecule has 0 bridgehead atoms. The number of amides is 2. The Balaban J connectivity index is 1.31. The summed E-state index contributed by atoms with van der Waals surface area (Å²) in [7, 11) is 0. The largest absolute Gasteiger partial charge is 0.290 e. The lowest BCUT2D eigenvalue weighted by Crippen LogP contribution is -2.53. The Hall–Kier alpha value is -2.70. The predicted molar refractivity (Wildman–Crippen MR) is 135 cm³/mol. The molecular weight excluding hydrogens is 469 g/mol. The number of hydrogen-bond acceptors (Lipinski definition) is 4. The molecule has 2 saturated heterocycles. The van der Waals surface area contributed by atoms with Crippen molar-refractivity contribution in [3.05, 3.63) is 100 Å². The summed E-state index contributed by atoms with van der Waals surface area (Å²) in [5.74, 6) is -0.401. The normalized spacial score (nSPS) is 19.9. The van der Waals surface area contributed by atoms with Gasteiger partial charge in [0, 0.05) is 26.2 Å². The molecule has 0 radical (unpaired) electrons. The quantitative estimate of drug-likeness (QED) is 0.467. The maximum atomic E-state index is 13.2. The Morgan fingerprint density at radius 3 is 1.88 bits per heavy atom. The van der Waals surface area contributed by atoms with Crippen LogP contribution in [0.1, 0.15) is 23.6 Å². The number of benzene rings is 3. The van der Waals surface area contributed by atoms with Crippen LogP contribution in [0, 0.1) is 0 Å². The van der Waals surface area contributed by atoms with Crippen LogP contribution in [0.4, 0.5) is 5.69 Å². The lowest BCUT2D eigenvalue weighted by Gasteiger charge is -2.41. The van der Waals surface area contributed by atoms with E-state index < -0.39 is 6.04 Å². The first-order valence-electron chi connectivity index (χ1n) is 11.4. The second kappa shape index (κ2) is 9.88. The summed E-state index contributed by atoms with van der Waals surface area (Å²) < 4.78 is 0. The third-order valence-corrected chi connectivity index (χ3v) is 7.41. The van der Waals surface area contributed by atoms with Crippen molar-refractivity contribution in [2.45, 2.75) is 18.5 Å². The van der Waals surface area contributed by atoms with Gasteiger partial charge in [0.1, 0.15) is 0 Å². The number of imide groups is 1. The van der Waals surface area contributed by atoms with Gasteiger partial charge >= 0.3 is 0 Å². The fourth-order valence-corrected chi connectivity index (χ4v) is 5.28. The molecule has 2 amide bonds. The standard InChI is InChI=1S/C27H25Cl2N3O2/c28-22-12-11-21(17-23(22)29)32-25(33)18-24(27(32)34)30-13-15-31(16-14-30)26(19-7-3-1-4-8-19)20-9-5-2-6-10-20/h1-12,17,24,26H,13-16,18H2. The molecule has 0 saturated carbocycles. The van der Waals surface area contributed by atoms with Crippen molar-refractivity contribution >= 4 is 40.7 Å². The molecule has 2 fully saturated rings. The Kier molecular flexibility index (Phi) is 6.70. The number of hydrogen-bond donors (Lipinski definition) is 0. The molecule has 0 spiro atoms. The zero-order chi connectivity index (χ0) is 23.7. The summed E-state index contributed by atoms with van der Waals surface area (Å²) in [6, 6.07) is 25.6. The summed E-state index contributed by atoms with van der Waals surface area (Å²) in [5, 5.41) is 0.716. The van der Waals surface area contributed by atoms with E-state index in [-0.39, 0.29) is 24.3 Å². The highest BCUT2D eigenvalue weighted by molar-refractivity contribution is 6.42. The van der Waals surface area contributed by atoms with Gasteiger partial charge in [0.25, 0.3) is 5.91 Å². The second-order valence-corrected chi connectivity index (χ2v) is 9.50. The van der Waals surface area contributed by atoms with Gasteiger partial charge in [-0.15, -0.1) is 0 Å². The Labute approximate surface area is 209 Å². The van der Waals surface area contributed by atoms with Gasteiger partial charge in [0.05, 0.1) is 34.2 Å². The fraction of sp³-hybridized carbons (Fsp3) is 0.259.